The monoisotopic (exact) mass is 688 g/mol. The number of fused-ring (bicyclic) bond motifs is 1. The molecule has 2 saturated heterocycles. The van der Waals surface area contributed by atoms with E-state index in [4.69, 9.17) is 9.47 Å². The number of aromatic nitrogens is 3. The minimum atomic E-state index is -0.376. The van der Waals surface area contributed by atoms with Gasteiger partial charge in [0.15, 0.2) is 0 Å². The van der Waals surface area contributed by atoms with Gasteiger partial charge in [-0.05, 0) is 97.5 Å². The largest absolute Gasteiger partial charge is 0.496 e. The van der Waals surface area contributed by atoms with Crippen LogP contribution in [0.5, 0.6) is 11.5 Å². The molecule has 5 aromatic rings. The first-order valence-electron chi connectivity index (χ1n) is 17.6. The van der Waals surface area contributed by atoms with Crippen LogP contribution in [-0.2, 0) is 35.9 Å². The van der Waals surface area contributed by atoms with Crippen LogP contribution in [0.15, 0.2) is 77.9 Å². The first kappa shape index (κ1) is 33.9. The fraction of sp³-hybridized carbons (Fsp3) is 0.350. The van der Waals surface area contributed by atoms with Crippen molar-refractivity contribution >= 4 is 34.1 Å². The maximum atomic E-state index is 12.6. The zero-order valence-corrected chi connectivity index (χ0v) is 29.3. The number of benzene rings is 3. The van der Waals surface area contributed by atoms with E-state index in [9.17, 15) is 14.4 Å². The van der Waals surface area contributed by atoms with E-state index in [1.54, 1.807) is 32.0 Å². The molecule has 0 saturated carbocycles. The van der Waals surface area contributed by atoms with Crippen LogP contribution in [0, 0.1) is 5.92 Å². The molecule has 1 atom stereocenters. The van der Waals surface area contributed by atoms with Crippen LogP contribution in [0.4, 0.5) is 11.4 Å². The van der Waals surface area contributed by atoms with Gasteiger partial charge >= 0.3 is 0 Å². The number of hydrogen-bond donors (Lipinski definition) is 3. The first-order valence-corrected chi connectivity index (χ1v) is 17.6. The average molecular weight is 689 g/mol. The summed E-state index contributed by atoms with van der Waals surface area (Å²) in [6.45, 7) is 2.03. The Labute approximate surface area is 297 Å². The third-order valence-corrected chi connectivity index (χ3v) is 10.3. The summed E-state index contributed by atoms with van der Waals surface area (Å²) in [5.41, 5.74) is 7.82. The number of anilines is 2. The van der Waals surface area contributed by atoms with Crippen LogP contribution in [0.3, 0.4) is 0 Å². The molecule has 2 aliphatic heterocycles. The van der Waals surface area contributed by atoms with Crippen molar-refractivity contribution in [2.45, 2.75) is 51.0 Å². The van der Waals surface area contributed by atoms with Gasteiger partial charge in [-0.15, -0.1) is 0 Å². The first-order chi connectivity index (χ1) is 24.8. The SMILES string of the molecule is COc1cc(-c2cn(C)c(=O)c3[nH]ncc23)cc(OC)c1CCc1ccc(CC2CCN(c3ccc(NC4CCC(=O)NC4=O)cc3)CC2)cc1. The Bertz CT molecular complexity index is 2070. The summed E-state index contributed by atoms with van der Waals surface area (Å²) in [4.78, 5) is 38.5. The Balaban J connectivity index is 0.931. The summed E-state index contributed by atoms with van der Waals surface area (Å²) in [5, 5.41) is 13.4. The Morgan fingerprint density at radius 2 is 1.57 bits per heavy atom. The maximum absolute atomic E-state index is 12.6. The van der Waals surface area contributed by atoms with Crippen LogP contribution >= 0.6 is 0 Å². The van der Waals surface area contributed by atoms with E-state index in [2.05, 4.69) is 62.1 Å². The highest BCUT2D eigenvalue weighted by Crippen LogP contribution is 2.38. The average Bonchev–Trinajstić information content (AvgIpc) is 3.65. The standard InChI is InChI=1S/C40H44N6O5/c1-45-24-33(32-23-41-44-38(32)40(45)49)28-21-35(50-2)31(36(22-28)51-3)13-8-25-4-6-26(7-5-25)20-27-16-18-46(19-17-27)30-11-9-29(10-12-30)42-34-14-15-37(47)43-39(34)48/h4-7,9-12,21-24,27,34,42H,8,13-20H2,1-3H3,(H,41,44)(H,43,47,48). The molecule has 0 spiro atoms. The summed E-state index contributed by atoms with van der Waals surface area (Å²) in [6.07, 6.45) is 9.33. The number of ether oxygens (including phenoxy) is 2. The predicted molar refractivity (Wildman–Crippen MR) is 199 cm³/mol. The molecule has 1 unspecified atom stereocenters. The summed E-state index contributed by atoms with van der Waals surface area (Å²) >= 11 is 0. The number of imide groups is 1. The number of carbonyl (C=O) groups excluding carboxylic acids is 2. The van der Waals surface area contributed by atoms with Crippen molar-refractivity contribution in [1.29, 1.82) is 0 Å². The van der Waals surface area contributed by atoms with Crippen LogP contribution in [-0.4, -0.2) is 59.9 Å². The summed E-state index contributed by atoms with van der Waals surface area (Å²) in [5.74, 6) is 1.68. The molecule has 264 valence electrons. The Hall–Kier alpha value is -5.58. The fourth-order valence-electron chi connectivity index (χ4n) is 7.41. The molecular weight excluding hydrogens is 644 g/mol. The summed E-state index contributed by atoms with van der Waals surface area (Å²) in [6, 6.07) is 20.9. The molecule has 7 rings (SSSR count). The highest BCUT2D eigenvalue weighted by atomic mass is 16.5. The number of hydrogen-bond acceptors (Lipinski definition) is 8. The lowest BCUT2D eigenvalue weighted by Gasteiger charge is -2.34. The molecule has 0 radical (unpaired) electrons. The molecule has 2 aliphatic rings. The Morgan fingerprint density at radius 3 is 2.24 bits per heavy atom. The number of nitrogens with one attached hydrogen (secondary N) is 3. The molecule has 0 bridgehead atoms. The quantitative estimate of drug-likeness (QED) is 0.157. The van der Waals surface area contributed by atoms with Gasteiger partial charge in [-0.25, -0.2) is 0 Å². The van der Waals surface area contributed by atoms with Gasteiger partial charge in [0.05, 0.1) is 20.4 Å². The smallest absolute Gasteiger partial charge is 0.276 e. The predicted octanol–water partition coefficient (Wildman–Crippen LogP) is 5.41. The van der Waals surface area contributed by atoms with Gasteiger partial charge in [0.1, 0.15) is 23.1 Å². The number of rotatable bonds is 11. The Kier molecular flexibility index (Phi) is 9.78. The van der Waals surface area contributed by atoms with Crippen molar-refractivity contribution in [3.8, 4) is 22.6 Å². The zero-order valence-electron chi connectivity index (χ0n) is 29.3. The van der Waals surface area contributed by atoms with Crippen LogP contribution < -0.4 is 30.6 Å². The number of carbonyl (C=O) groups is 2. The second-order valence-corrected chi connectivity index (χ2v) is 13.6. The molecule has 51 heavy (non-hydrogen) atoms. The number of amides is 2. The van der Waals surface area contributed by atoms with Gasteiger partial charge in [0, 0.05) is 60.6 Å². The van der Waals surface area contributed by atoms with E-state index < -0.39 is 0 Å². The van der Waals surface area contributed by atoms with Crippen molar-refractivity contribution in [2.24, 2.45) is 13.0 Å². The second kappa shape index (κ2) is 14.7. The minimum absolute atomic E-state index is 0.125. The minimum Gasteiger partial charge on any atom is -0.496 e. The third kappa shape index (κ3) is 7.33. The molecular formula is C40H44N6O5. The van der Waals surface area contributed by atoms with Crippen LogP contribution in [0.25, 0.3) is 22.0 Å². The Morgan fingerprint density at radius 1 is 0.882 bits per heavy atom. The molecule has 3 aromatic carbocycles. The molecule has 0 aliphatic carbocycles. The lowest BCUT2D eigenvalue weighted by Crippen LogP contribution is -2.47. The van der Waals surface area contributed by atoms with Crippen molar-refractivity contribution in [1.82, 2.24) is 20.1 Å². The van der Waals surface area contributed by atoms with Gasteiger partial charge in [0.2, 0.25) is 11.8 Å². The lowest BCUT2D eigenvalue weighted by molar-refractivity contribution is -0.133. The number of aromatic amines is 1. The van der Waals surface area contributed by atoms with Crippen LogP contribution in [0.1, 0.15) is 42.4 Å². The fourth-order valence-corrected chi connectivity index (χ4v) is 7.41. The van der Waals surface area contributed by atoms with Gasteiger partial charge in [-0.3, -0.25) is 24.8 Å². The molecule has 11 nitrogen and oxygen atoms in total. The molecule has 2 amide bonds. The van der Waals surface area contributed by atoms with Gasteiger partial charge in [-0.1, -0.05) is 24.3 Å². The molecule has 4 heterocycles. The van der Waals surface area contributed by atoms with E-state index in [0.717, 1.165) is 84.5 Å². The van der Waals surface area contributed by atoms with E-state index in [0.29, 0.717) is 24.3 Å². The zero-order chi connectivity index (χ0) is 35.5. The highest BCUT2D eigenvalue weighted by Gasteiger charge is 2.26. The van der Waals surface area contributed by atoms with Gasteiger partial charge in [0.25, 0.3) is 5.56 Å². The van der Waals surface area contributed by atoms with Gasteiger partial charge < -0.3 is 24.3 Å². The lowest BCUT2D eigenvalue weighted by atomic mass is 9.89. The number of H-pyrrole nitrogens is 1. The van der Waals surface area contributed by atoms with Crippen molar-refractivity contribution in [3.05, 3.63) is 100 Å². The molecule has 3 N–H and O–H groups in total. The number of methoxy groups -OCH3 is 2. The third-order valence-electron chi connectivity index (χ3n) is 10.3. The maximum Gasteiger partial charge on any atom is 0.276 e. The van der Waals surface area contributed by atoms with Crippen molar-refractivity contribution in [3.63, 3.8) is 0 Å². The van der Waals surface area contributed by atoms with Crippen molar-refractivity contribution < 1.29 is 19.1 Å². The summed E-state index contributed by atoms with van der Waals surface area (Å²) < 4.78 is 13.3. The number of nitrogens with zero attached hydrogens (tertiary/aromatic N) is 3. The molecule has 11 heteroatoms. The summed E-state index contributed by atoms with van der Waals surface area (Å²) in [7, 11) is 5.09. The number of pyridine rings is 1. The van der Waals surface area contributed by atoms with Crippen LogP contribution in [0.2, 0.25) is 0 Å². The van der Waals surface area contributed by atoms with Crippen molar-refractivity contribution in [2.75, 3.05) is 37.5 Å². The van der Waals surface area contributed by atoms with E-state index >= 15 is 0 Å². The van der Waals surface area contributed by atoms with E-state index in [-0.39, 0.29) is 23.4 Å². The molecule has 2 aromatic heterocycles. The normalized spacial score (nSPS) is 16.7. The number of piperidine rings is 2. The van der Waals surface area contributed by atoms with E-state index in [1.807, 2.05) is 30.5 Å². The topological polar surface area (TPSA) is 131 Å². The highest BCUT2D eigenvalue weighted by molar-refractivity contribution is 6.01. The van der Waals surface area contributed by atoms with Gasteiger partial charge in [-0.2, -0.15) is 5.10 Å². The number of aryl methyl sites for hydroxylation is 2. The molecule has 2 fully saturated rings. The van der Waals surface area contributed by atoms with E-state index in [1.165, 1.54) is 16.8 Å². The second-order valence-electron chi connectivity index (χ2n) is 13.6.